The number of alkyl halides is 1. The largest absolute Gasteiger partial charge is 0.497 e. The van der Waals surface area contributed by atoms with Crippen molar-refractivity contribution in [3.8, 4) is 5.75 Å². The van der Waals surface area contributed by atoms with E-state index in [0.717, 1.165) is 11.3 Å². The number of carbonyl (C=O) groups is 2. The molecule has 1 unspecified atom stereocenters. The van der Waals surface area contributed by atoms with Crippen LogP contribution in [0.25, 0.3) is 0 Å². The fraction of sp³-hybridized carbons (Fsp3) is 0.467. The Morgan fingerprint density at radius 1 is 1.10 bits per heavy atom. The minimum absolute atomic E-state index is 0.0414. The van der Waals surface area contributed by atoms with Gasteiger partial charge in [-0.05, 0) is 17.7 Å². The van der Waals surface area contributed by atoms with Gasteiger partial charge in [0.2, 0.25) is 11.8 Å². The van der Waals surface area contributed by atoms with Gasteiger partial charge in [-0.25, -0.2) is 0 Å². The summed E-state index contributed by atoms with van der Waals surface area (Å²) in [4.78, 5) is 27.1. The lowest BCUT2D eigenvalue weighted by Gasteiger charge is -2.35. The molecule has 0 aromatic heterocycles. The summed E-state index contributed by atoms with van der Waals surface area (Å²) in [7, 11) is 1.59. The SMILES string of the molecule is COc1ccc(C(Cl)C(=O)N2CCN(C(C)=O)CC2)cc1. The first-order valence-corrected chi connectivity index (χ1v) is 7.29. The zero-order chi connectivity index (χ0) is 15.4. The van der Waals surface area contributed by atoms with E-state index in [2.05, 4.69) is 0 Å². The van der Waals surface area contributed by atoms with Crippen molar-refractivity contribution in [2.24, 2.45) is 0 Å². The van der Waals surface area contributed by atoms with Crippen molar-refractivity contribution in [2.45, 2.75) is 12.3 Å². The summed E-state index contributed by atoms with van der Waals surface area (Å²) in [5.74, 6) is 0.648. The molecule has 2 rings (SSSR count). The van der Waals surface area contributed by atoms with Gasteiger partial charge in [-0.3, -0.25) is 9.59 Å². The smallest absolute Gasteiger partial charge is 0.245 e. The molecular formula is C15H19ClN2O3. The zero-order valence-electron chi connectivity index (χ0n) is 12.2. The fourth-order valence-corrected chi connectivity index (χ4v) is 2.60. The monoisotopic (exact) mass is 310 g/mol. The van der Waals surface area contributed by atoms with Gasteiger partial charge in [0.25, 0.3) is 0 Å². The molecule has 1 atom stereocenters. The van der Waals surface area contributed by atoms with Crippen LogP contribution in [-0.4, -0.2) is 54.9 Å². The molecule has 1 fully saturated rings. The topological polar surface area (TPSA) is 49.9 Å². The number of piperazine rings is 1. The van der Waals surface area contributed by atoms with E-state index in [1.165, 1.54) is 0 Å². The van der Waals surface area contributed by atoms with Crippen LogP contribution in [0.3, 0.4) is 0 Å². The molecule has 0 spiro atoms. The van der Waals surface area contributed by atoms with Crippen LogP contribution in [0.2, 0.25) is 0 Å². The molecule has 1 aromatic carbocycles. The third kappa shape index (κ3) is 3.67. The predicted octanol–water partition coefficient (Wildman–Crippen LogP) is 1.67. The highest BCUT2D eigenvalue weighted by Gasteiger charge is 2.27. The Morgan fingerprint density at radius 2 is 1.62 bits per heavy atom. The Morgan fingerprint density at radius 3 is 2.10 bits per heavy atom. The maximum atomic E-state index is 12.4. The number of methoxy groups -OCH3 is 1. The molecule has 114 valence electrons. The molecule has 0 aliphatic carbocycles. The summed E-state index contributed by atoms with van der Waals surface area (Å²) in [5.41, 5.74) is 0.747. The van der Waals surface area contributed by atoms with E-state index in [-0.39, 0.29) is 11.8 Å². The van der Waals surface area contributed by atoms with Gasteiger partial charge in [0, 0.05) is 33.1 Å². The van der Waals surface area contributed by atoms with Crippen molar-refractivity contribution in [1.29, 1.82) is 0 Å². The number of ether oxygens (including phenoxy) is 1. The second kappa shape index (κ2) is 6.80. The second-order valence-electron chi connectivity index (χ2n) is 4.97. The Labute approximate surface area is 129 Å². The number of rotatable bonds is 3. The van der Waals surface area contributed by atoms with E-state index >= 15 is 0 Å². The van der Waals surface area contributed by atoms with E-state index in [9.17, 15) is 9.59 Å². The van der Waals surface area contributed by atoms with Gasteiger partial charge in [0.15, 0.2) is 0 Å². The maximum absolute atomic E-state index is 12.4. The molecular weight excluding hydrogens is 292 g/mol. The number of hydrogen-bond acceptors (Lipinski definition) is 3. The van der Waals surface area contributed by atoms with Gasteiger partial charge >= 0.3 is 0 Å². The quantitative estimate of drug-likeness (QED) is 0.798. The van der Waals surface area contributed by atoms with Gasteiger partial charge < -0.3 is 14.5 Å². The van der Waals surface area contributed by atoms with Crippen molar-refractivity contribution in [2.75, 3.05) is 33.3 Å². The number of nitrogens with zero attached hydrogens (tertiary/aromatic N) is 2. The minimum atomic E-state index is -0.709. The summed E-state index contributed by atoms with van der Waals surface area (Å²) in [5, 5.41) is -0.709. The molecule has 0 radical (unpaired) electrons. The standard InChI is InChI=1S/C15H19ClN2O3/c1-11(19)17-7-9-18(10-8-17)15(20)14(16)12-3-5-13(21-2)6-4-12/h3-6,14H,7-10H2,1-2H3. The van der Waals surface area contributed by atoms with Crippen LogP contribution in [0.5, 0.6) is 5.75 Å². The number of carbonyl (C=O) groups excluding carboxylic acids is 2. The lowest BCUT2D eigenvalue weighted by Crippen LogP contribution is -2.50. The molecule has 2 amide bonds. The first-order chi connectivity index (χ1) is 10.0. The molecule has 1 aliphatic heterocycles. The molecule has 6 heteroatoms. The first kappa shape index (κ1) is 15.6. The second-order valence-corrected chi connectivity index (χ2v) is 5.40. The summed E-state index contributed by atoms with van der Waals surface area (Å²) in [6, 6.07) is 7.15. The minimum Gasteiger partial charge on any atom is -0.497 e. The average molecular weight is 311 g/mol. The van der Waals surface area contributed by atoms with E-state index in [1.54, 1.807) is 48.1 Å². The highest BCUT2D eigenvalue weighted by molar-refractivity contribution is 6.30. The Bertz CT molecular complexity index is 510. The maximum Gasteiger partial charge on any atom is 0.245 e. The highest BCUT2D eigenvalue weighted by atomic mass is 35.5. The molecule has 1 heterocycles. The number of hydrogen-bond donors (Lipinski definition) is 0. The summed E-state index contributed by atoms with van der Waals surface area (Å²) in [6.45, 7) is 3.72. The van der Waals surface area contributed by atoms with Crippen LogP contribution in [0.1, 0.15) is 17.9 Å². The molecule has 1 aromatic rings. The van der Waals surface area contributed by atoms with Gasteiger partial charge in [0.05, 0.1) is 7.11 Å². The van der Waals surface area contributed by atoms with Crippen molar-refractivity contribution in [3.05, 3.63) is 29.8 Å². The van der Waals surface area contributed by atoms with Gasteiger partial charge in [-0.2, -0.15) is 0 Å². The lowest BCUT2D eigenvalue weighted by atomic mass is 10.1. The van der Waals surface area contributed by atoms with Gasteiger partial charge in [-0.15, -0.1) is 11.6 Å². The Hall–Kier alpha value is -1.75. The van der Waals surface area contributed by atoms with Crippen LogP contribution in [0.15, 0.2) is 24.3 Å². The van der Waals surface area contributed by atoms with Gasteiger partial charge in [0.1, 0.15) is 11.1 Å². The summed E-state index contributed by atoms with van der Waals surface area (Å²) >= 11 is 6.27. The molecule has 21 heavy (non-hydrogen) atoms. The van der Waals surface area contributed by atoms with E-state index < -0.39 is 5.38 Å². The third-order valence-corrected chi connectivity index (χ3v) is 4.10. The summed E-state index contributed by atoms with van der Waals surface area (Å²) < 4.78 is 5.08. The number of benzene rings is 1. The van der Waals surface area contributed by atoms with Crippen molar-refractivity contribution in [1.82, 2.24) is 9.80 Å². The number of halogens is 1. The number of amides is 2. The Kier molecular flexibility index (Phi) is 5.07. The third-order valence-electron chi connectivity index (χ3n) is 3.66. The van der Waals surface area contributed by atoms with Crippen molar-refractivity contribution < 1.29 is 14.3 Å². The van der Waals surface area contributed by atoms with Crippen LogP contribution in [0.4, 0.5) is 0 Å². The highest BCUT2D eigenvalue weighted by Crippen LogP contribution is 2.25. The van der Waals surface area contributed by atoms with E-state index in [1.807, 2.05) is 0 Å². The van der Waals surface area contributed by atoms with Crippen LogP contribution < -0.4 is 4.74 Å². The molecule has 1 aliphatic rings. The van der Waals surface area contributed by atoms with Crippen molar-refractivity contribution >= 4 is 23.4 Å². The predicted molar refractivity (Wildman–Crippen MR) is 80.4 cm³/mol. The van der Waals surface area contributed by atoms with Gasteiger partial charge in [-0.1, -0.05) is 12.1 Å². The molecule has 0 N–H and O–H groups in total. The zero-order valence-corrected chi connectivity index (χ0v) is 13.0. The normalized spacial score (nSPS) is 16.5. The molecule has 5 nitrogen and oxygen atoms in total. The van der Waals surface area contributed by atoms with Crippen LogP contribution in [-0.2, 0) is 9.59 Å². The molecule has 0 bridgehead atoms. The fourth-order valence-electron chi connectivity index (χ4n) is 2.32. The van der Waals surface area contributed by atoms with Crippen LogP contribution >= 0.6 is 11.6 Å². The van der Waals surface area contributed by atoms with E-state index in [0.29, 0.717) is 26.2 Å². The first-order valence-electron chi connectivity index (χ1n) is 6.85. The van der Waals surface area contributed by atoms with Crippen molar-refractivity contribution in [3.63, 3.8) is 0 Å². The van der Waals surface area contributed by atoms with Crippen LogP contribution in [0, 0.1) is 0 Å². The lowest BCUT2D eigenvalue weighted by molar-refractivity contribution is -0.138. The average Bonchev–Trinajstić information content (AvgIpc) is 2.53. The summed E-state index contributed by atoms with van der Waals surface area (Å²) in [6.07, 6.45) is 0. The Balaban J connectivity index is 1.97. The van der Waals surface area contributed by atoms with E-state index in [4.69, 9.17) is 16.3 Å². The molecule has 0 saturated carbocycles. The molecule has 1 saturated heterocycles.